The highest BCUT2D eigenvalue weighted by molar-refractivity contribution is 5.90. The lowest BCUT2D eigenvalue weighted by molar-refractivity contribution is -0.116. The average Bonchev–Trinajstić information content (AvgIpc) is 3.03. The van der Waals surface area contributed by atoms with Crippen molar-refractivity contribution in [2.24, 2.45) is 0 Å². The number of halogens is 1. The van der Waals surface area contributed by atoms with Crippen LogP contribution in [0.15, 0.2) is 54.6 Å². The maximum absolute atomic E-state index is 13.2. The number of hydrogen-bond acceptors (Lipinski definition) is 4. The van der Waals surface area contributed by atoms with Crippen LogP contribution in [0.5, 0.6) is 0 Å². The van der Waals surface area contributed by atoms with Crippen molar-refractivity contribution in [3.63, 3.8) is 0 Å². The van der Waals surface area contributed by atoms with Gasteiger partial charge in [0.25, 0.3) is 0 Å². The van der Waals surface area contributed by atoms with Gasteiger partial charge in [-0.2, -0.15) is 4.80 Å². The van der Waals surface area contributed by atoms with Crippen LogP contribution in [0.25, 0.3) is 11.4 Å². The molecule has 23 heavy (non-hydrogen) atoms. The molecule has 3 aromatic rings. The number of benzene rings is 2. The minimum Gasteiger partial charge on any atom is -0.326 e. The molecule has 116 valence electrons. The average molecular weight is 311 g/mol. The van der Waals surface area contributed by atoms with Crippen molar-refractivity contribution in [3.8, 4) is 11.4 Å². The number of amides is 1. The van der Waals surface area contributed by atoms with Gasteiger partial charge in [0.1, 0.15) is 5.82 Å². The van der Waals surface area contributed by atoms with Crippen LogP contribution in [-0.4, -0.2) is 26.1 Å². The third-order valence-electron chi connectivity index (χ3n) is 3.13. The number of anilines is 1. The molecular weight excluding hydrogens is 297 g/mol. The van der Waals surface area contributed by atoms with Gasteiger partial charge in [0.05, 0.1) is 6.54 Å². The molecule has 0 unspecified atom stereocenters. The van der Waals surface area contributed by atoms with Crippen LogP contribution >= 0.6 is 0 Å². The standard InChI is InChI=1S/C16H14FN5O/c17-13-6-4-5-12(11-13)16-19-21-22(20-16)10-9-15(23)18-14-7-2-1-3-8-14/h1-8,11H,9-10H2,(H,18,23). The lowest BCUT2D eigenvalue weighted by Gasteiger charge is -2.03. The number of tetrazole rings is 1. The van der Waals surface area contributed by atoms with Crippen molar-refractivity contribution in [1.82, 2.24) is 20.2 Å². The molecule has 0 aliphatic rings. The fourth-order valence-corrected chi connectivity index (χ4v) is 2.03. The third-order valence-corrected chi connectivity index (χ3v) is 3.13. The Morgan fingerprint density at radius 1 is 1.13 bits per heavy atom. The van der Waals surface area contributed by atoms with Crippen LogP contribution in [0.2, 0.25) is 0 Å². The molecule has 0 saturated carbocycles. The van der Waals surface area contributed by atoms with Crippen LogP contribution in [0.3, 0.4) is 0 Å². The number of aromatic nitrogens is 4. The van der Waals surface area contributed by atoms with Gasteiger partial charge in [-0.25, -0.2) is 4.39 Å². The van der Waals surface area contributed by atoms with E-state index in [1.165, 1.54) is 16.9 Å². The van der Waals surface area contributed by atoms with Gasteiger partial charge in [0.15, 0.2) is 0 Å². The van der Waals surface area contributed by atoms with E-state index in [1.54, 1.807) is 12.1 Å². The van der Waals surface area contributed by atoms with E-state index in [-0.39, 0.29) is 18.1 Å². The largest absolute Gasteiger partial charge is 0.326 e. The lowest BCUT2D eigenvalue weighted by Crippen LogP contribution is -2.15. The van der Waals surface area contributed by atoms with Crippen molar-refractivity contribution < 1.29 is 9.18 Å². The van der Waals surface area contributed by atoms with Crippen molar-refractivity contribution in [2.45, 2.75) is 13.0 Å². The Morgan fingerprint density at radius 2 is 1.96 bits per heavy atom. The van der Waals surface area contributed by atoms with E-state index in [2.05, 4.69) is 20.7 Å². The number of nitrogens with zero attached hydrogens (tertiary/aromatic N) is 4. The van der Waals surface area contributed by atoms with Crippen LogP contribution in [0, 0.1) is 5.82 Å². The van der Waals surface area contributed by atoms with E-state index in [0.717, 1.165) is 5.69 Å². The first kappa shape index (κ1) is 14.8. The smallest absolute Gasteiger partial charge is 0.226 e. The molecule has 2 aromatic carbocycles. The van der Waals surface area contributed by atoms with Gasteiger partial charge in [-0.05, 0) is 29.5 Å². The van der Waals surface area contributed by atoms with Crippen molar-refractivity contribution in [1.29, 1.82) is 0 Å². The Labute approximate surface area is 132 Å². The summed E-state index contributed by atoms with van der Waals surface area (Å²) in [5.41, 5.74) is 1.29. The van der Waals surface area contributed by atoms with Crippen LogP contribution in [0.4, 0.5) is 10.1 Å². The van der Waals surface area contributed by atoms with Gasteiger partial charge in [-0.15, -0.1) is 10.2 Å². The zero-order valence-corrected chi connectivity index (χ0v) is 12.2. The quantitative estimate of drug-likeness (QED) is 0.786. The summed E-state index contributed by atoms with van der Waals surface area (Å²) in [4.78, 5) is 13.2. The molecular formula is C16H14FN5O. The summed E-state index contributed by atoms with van der Waals surface area (Å²) >= 11 is 0. The second-order valence-corrected chi connectivity index (χ2v) is 4.88. The van der Waals surface area contributed by atoms with Gasteiger partial charge in [0.2, 0.25) is 11.7 Å². The Balaban J connectivity index is 1.58. The number of carbonyl (C=O) groups is 1. The molecule has 1 heterocycles. The SMILES string of the molecule is O=C(CCn1nnc(-c2cccc(F)c2)n1)Nc1ccccc1. The molecule has 6 nitrogen and oxygen atoms in total. The second kappa shape index (κ2) is 6.78. The maximum Gasteiger partial charge on any atom is 0.226 e. The summed E-state index contributed by atoms with van der Waals surface area (Å²) in [5.74, 6) is -0.171. The summed E-state index contributed by atoms with van der Waals surface area (Å²) < 4.78 is 13.2. The number of aryl methyl sites for hydroxylation is 1. The predicted octanol–water partition coefficient (Wildman–Crippen LogP) is 2.51. The van der Waals surface area contributed by atoms with Gasteiger partial charge < -0.3 is 5.32 Å². The molecule has 0 atom stereocenters. The molecule has 0 fully saturated rings. The van der Waals surface area contributed by atoms with E-state index in [9.17, 15) is 9.18 Å². The van der Waals surface area contributed by atoms with Gasteiger partial charge in [-0.3, -0.25) is 4.79 Å². The molecule has 7 heteroatoms. The van der Waals surface area contributed by atoms with Gasteiger partial charge in [0, 0.05) is 17.7 Å². The predicted molar refractivity (Wildman–Crippen MR) is 82.9 cm³/mol. The summed E-state index contributed by atoms with van der Waals surface area (Å²) in [6.07, 6.45) is 0.216. The molecule has 0 radical (unpaired) electrons. The minimum absolute atomic E-state index is 0.138. The summed E-state index contributed by atoms with van der Waals surface area (Å²) in [7, 11) is 0. The zero-order chi connectivity index (χ0) is 16.1. The number of nitrogens with one attached hydrogen (secondary N) is 1. The Kier molecular flexibility index (Phi) is 4.37. The Hall–Kier alpha value is -3.09. The van der Waals surface area contributed by atoms with E-state index < -0.39 is 0 Å². The fourth-order valence-electron chi connectivity index (χ4n) is 2.03. The number of carbonyl (C=O) groups excluding carboxylic acids is 1. The van der Waals surface area contributed by atoms with Crippen LogP contribution < -0.4 is 5.32 Å². The topological polar surface area (TPSA) is 72.7 Å². The van der Waals surface area contributed by atoms with Gasteiger partial charge >= 0.3 is 0 Å². The Bertz CT molecular complexity index is 803. The van der Waals surface area contributed by atoms with E-state index in [0.29, 0.717) is 17.9 Å². The summed E-state index contributed by atoms with van der Waals surface area (Å²) in [6, 6.07) is 15.2. The number of hydrogen-bond donors (Lipinski definition) is 1. The highest BCUT2D eigenvalue weighted by Crippen LogP contribution is 2.14. The number of para-hydroxylation sites is 1. The molecule has 0 spiro atoms. The highest BCUT2D eigenvalue weighted by Gasteiger charge is 2.08. The fraction of sp³-hybridized carbons (Fsp3) is 0.125. The number of rotatable bonds is 5. The molecule has 0 aliphatic heterocycles. The summed E-state index contributed by atoms with van der Waals surface area (Å²) in [6.45, 7) is 0.293. The molecule has 0 bridgehead atoms. The first-order valence-electron chi connectivity index (χ1n) is 7.09. The minimum atomic E-state index is -0.360. The van der Waals surface area contributed by atoms with Gasteiger partial charge in [-0.1, -0.05) is 30.3 Å². The first-order valence-corrected chi connectivity index (χ1v) is 7.09. The zero-order valence-electron chi connectivity index (χ0n) is 12.2. The summed E-state index contributed by atoms with van der Waals surface area (Å²) in [5, 5.41) is 14.7. The van der Waals surface area contributed by atoms with E-state index in [1.807, 2.05) is 30.3 Å². The lowest BCUT2D eigenvalue weighted by atomic mass is 10.2. The maximum atomic E-state index is 13.2. The second-order valence-electron chi connectivity index (χ2n) is 4.88. The molecule has 0 aliphatic carbocycles. The molecule has 0 saturated heterocycles. The monoisotopic (exact) mass is 311 g/mol. The van der Waals surface area contributed by atoms with Crippen molar-refractivity contribution >= 4 is 11.6 Å². The van der Waals surface area contributed by atoms with Crippen LogP contribution in [0.1, 0.15) is 6.42 Å². The molecule has 1 amide bonds. The normalized spacial score (nSPS) is 10.5. The van der Waals surface area contributed by atoms with Crippen LogP contribution in [-0.2, 0) is 11.3 Å². The molecule has 1 N–H and O–H groups in total. The van der Waals surface area contributed by atoms with E-state index in [4.69, 9.17) is 0 Å². The first-order chi connectivity index (χ1) is 11.2. The highest BCUT2D eigenvalue weighted by atomic mass is 19.1. The van der Waals surface area contributed by atoms with Crippen molar-refractivity contribution in [3.05, 3.63) is 60.4 Å². The Morgan fingerprint density at radius 3 is 2.74 bits per heavy atom. The molecule has 3 rings (SSSR count). The third kappa shape index (κ3) is 3.97. The molecule has 1 aromatic heterocycles. The van der Waals surface area contributed by atoms with E-state index >= 15 is 0 Å². The van der Waals surface area contributed by atoms with Crippen molar-refractivity contribution in [2.75, 3.05) is 5.32 Å².